The molecule has 0 atom stereocenters. The molecule has 0 aliphatic heterocycles. The number of benzene rings is 1. The summed E-state index contributed by atoms with van der Waals surface area (Å²) >= 11 is 0. The molecular formula is C11H9F3O2. The maximum atomic E-state index is 12.5. The zero-order valence-corrected chi connectivity index (χ0v) is 8.41. The second-order valence-corrected chi connectivity index (χ2v) is 2.94. The van der Waals surface area contributed by atoms with Gasteiger partial charge in [0.15, 0.2) is 0 Å². The van der Waals surface area contributed by atoms with Gasteiger partial charge in [0.05, 0.1) is 12.7 Å². The van der Waals surface area contributed by atoms with Gasteiger partial charge in [-0.05, 0) is 23.8 Å². The first-order valence-corrected chi connectivity index (χ1v) is 4.36. The van der Waals surface area contributed by atoms with E-state index < -0.39 is 11.7 Å². The molecule has 0 saturated heterocycles. The van der Waals surface area contributed by atoms with Crippen LogP contribution in [-0.2, 0) is 4.79 Å². The molecule has 0 N–H and O–H groups in total. The minimum Gasteiger partial charge on any atom is -0.497 e. The van der Waals surface area contributed by atoms with Gasteiger partial charge in [-0.3, -0.25) is 4.79 Å². The van der Waals surface area contributed by atoms with Crippen LogP contribution in [0.4, 0.5) is 13.2 Å². The van der Waals surface area contributed by atoms with Crippen molar-refractivity contribution in [3.63, 3.8) is 0 Å². The highest BCUT2D eigenvalue weighted by Crippen LogP contribution is 2.33. The van der Waals surface area contributed by atoms with Crippen LogP contribution in [0.2, 0.25) is 0 Å². The number of hydrogen-bond acceptors (Lipinski definition) is 2. The molecule has 0 bridgehead atoms. The van der Waals surface area contributed by atoms with Crippen molar-refractivity contribution in [1.29, 1.82) is 0 Å². The predicted octanol–water partition coefficient (Wildman–Crippen LogP) is 2.84. The number of alkyl halides is 3. The van der Waals surface area contributed by atoms with Crippen molar-refractivity contribution in [2.75, 3.05) is 7.11 Å². The second kappa shape index (κ2) is 4.83. The van der Waals surface area contributed by atoms with Crippen LogP contribution in [0.5, 0.6) is 5.75 Å². The number of hydrogen-bond donors (Lipinski definition) is 0. The summed E-state index contributed by atoms with van der Waals surface area (Å²) in [6, 6.07) is 5.31. The van der Waals surface area contributed by atoms with Gasteiger partial charge in [-0.15, -0.1) is 0 Å². The lowest BCUT2D eigenvalue weighted by Gasteiger charge is -2.11. The van der Waals surface area contributed by atoms with Gasteiger partial charge in [0, 0.05) is 0 Å². The Morgan fingerprint density at radius 3 is 2.19 bits per heavy atom. The third kappa shape index (κ3) is 2.85. The topological polar surface area (TPSA) is 26.3 Å². The largest absolute Gasteiger partial charge is 0.497 e. The highest BCUT2D eigenvalue weighted by Gasteiger charge is 2.34. The third-order valence-corrected chi connectivity index (χ3v) is 1.94. The Morgan fingerprint density at radius 1 is 1.25 bits per heavy atom. The van der Waals surface area contributed by atoms with Crippen LogP contribution in [0, 0.1) is 0 Å². The summed E-state index contributed by atoms with van der Waals surface area (Å²) in [7, 11) is 1.42. The molecule has 0 unspecified atom stereocenters. The normalized spacial score (nSPS) is 12.4. The van der Waals surface area contributed by atoms with Gasteiger partial charge < -0.3 is 4.74 Å². The quantitative estimate of drug-likeness (QED) is 0.589. The molecule has 1 aromatic carbocycles. The summed E-state index contributed by atoms with van der Waals surface area (Å²) < 4.78 is 42.4. The smallest absolute Gasteiger partial charge is 0.417 e. The van der Waals surface area contributed by atoms with Crippen LogP contribution >= 0.6 is 0 Å². The van der Waals surface area contributed by atoms with Crippen molar-refractivity contribution in [3.05, 3.63) is 35.9 Å². The van der Waals surface area contributed by atoms with Crippen molar-refractivity contribution in [2.45, 2.75) is 6.18 Å². The SMILES string of the molecule is COc1ccc(/C(=C\C=O)C(F)(F)F)cc1. The van der Waals surface area contributed by atoms with E-state index in [0.717, 1.165) is 0 Å². The molecule has 0 aliphatic rings. The van der Waals surface area contributed by atoms with Crippen LogP contribution in [0.1, 0.15) is 5.56 Å². The van der Waals surface area contributed by atoms with E-state index in [2.05, 4.69) is 0 Å². The van der Waals surface area contributed by atoms with Crippen LogP contribution in [0.15, 0.2) is 30.3 Å². The standard InChI is InChI=1S/C11H9F3O2/c1-16-9-4-2-8(3-5-9)10(6-7-15)11(12,13)14/h2-7H,1H3/b10-6+. The third-order valence-electron chi connectivity index (χ3n) is 1.94. The molecule has 0 heterocycles. The van der Waals surface area contributed by atoms with Crippen LogP contribution < -0.4 is 4.74 Å². The molecule has 0 saturated carbocycles. The molecule has 0 aromatic heterocycles. The molecular weight excluding hydrogens is 221 g/mol. The van der Waals surface area contributed by atoms with Gasteiger partial charge >= 0.3 is 6.18 Å². The molecule has 2 nitrogen and oxygen atoms in total. The molecule has 0 fully saturated rings. The Morgan fingerprint density at radius 2 is 1.81 bits per heavy atom. The summed E-state index contributed by atoms with van der Waals surface area (Å²) in [5, 5.41) is 0. The lowest BCUT2D eigenvalue weighted by molar-refractivity contribution is -0.104. The number of rotatable bonds is 3. The van der Waals surface area contributed by atoms with E-state index in [1.54, 1.807) is 0 Å². The molecule has 0 amide bonds. The van der Waals surface area contributed by atoms with E-state index in [1.165, 1.54) is 31.4 Å². The van der Waals surface area contributed by atoms with Crippen LogP contribution in [0.3, 0.4) is 0 Å². The van der Waals surface area contributed by atoms with E-state index in [4.69, 9.17) is 4.74 Å². The number of aldehydes is 1. The fourth-order valence-corrected chi connectivity index (χ4v) is 1.19. The number of carbonyl (C=O) groups is 1. The zero-order chi connectivity index (χ0) is 12.2. The van der Waals surface area contributed by atoms with Crippen molar-refractivity contribution < 1.29 is 22.7 Å². The first-order chi connectivity index (χ1) is 7.49. The number of allylic oxidation sites excluding steroid dienone is 2. The Labute approximate surface area is 90.3 Å². The van der Waals surface area contributed by atoms with Gasteiger partial charge in [0.2, 0.25) is 0 Å². The Kier molecular flexibility index (Phi) is 3.71. The van der Waals surface area contributed by atoms with Crippen molar-refractivity contribution >= 4 is 11.9 Å². The average molecular weight is 230 g/mol. The van der Waals surface area contributed by atoms with Crippen molar-refractivity contribution in [1.82, 2.24) is 0 Å². The lowest BCUT2D eigenvalue weighted by Crippen LogP contribution is -2.10. The maximum Gasteiger partial charge on any atom is 0.417 e. The lowest BCUT2D eigenvalue weighted by atomic mass is 10.1. The van der Waals surface area contributed by atoms with E-state index in [0.29, 0.717) is 11.8 Å². The molecule has 5 heteroatoms. The first kappa shape index (κ1) is 12.3. The van der Waals surface area contributed by atoms with Gasteiger partial charge in [0.1, 0.15) is 12.0 Å². The van der Waals surface area contributed by atoms with Gasteiger partial charge in [0.25, 0.3) is 0 Å². The minimum absolute atomic E-state index is 0.0691. The number of ether oxygens (including phenoxy) is 1. The van der Waals surface area contributed by atoms with E-state index in [1.807, 2.05) is 0 Å². The molecule has 1 aromatic rings. The van der Waals surface area contributed by atoms with Gasteiger partial charge in [-0.2, -0.15) is 13.2 Å². The Hall–Kier alpha value is -1.78. The minimum atomic E-state index is -4.55. The fourth-order valence-electron chi connectivity index (χ4n) is 1.19. The molecule has 0 aliphatic carbocycles. The molecule has 0 spiro atoms. The summed E-state index contributed by atoms with van der Waals surface area (Å²) in [5.74, 6) is 0.455. The number of methoxy groups -OCH3 is 1. The average Bonchev–Trinajstić information content (AvgIpc) is 2.25. The van der Waals surface area contributed by atoms with Crippen molar-refractivity contribution in [2.24, 2.45) is 0 Å². The molecule has 0 radical (unpaired) electrons. The number of halogens is 3. The summed E-state index contributed by atoms with van der Waals surface area (Å²) in [5.41, 5.74) is -1.04. The van der Waals surface area contributed by atoms with Gasteiger partial charge in [-0.25, -0.2) is 0 Å². The molecule has 1 rings (SSSR count). The monoisotopic (exact) mass is 230 g/mol. The predicted molar refractivity (Wildman–Crippen MR) is 53.1 cm³/mol. The van der Waals surface area contributed by atoms with E-state index in [9.17, 15) is 18.0 Å². The van der Waals surface area contributed by atoms with E-state index >= 15 is 0 Å². The summed E-state index contributed by atoms with van der Waals surface area (Å²) in [6.07, 6.45) is -3.93. The second-order valence-electron chi connectivity index (χ2n) is 2.94. The van der Waals surface area contributed by atoms with Crippen LogP contribution in [0.25, 0.3) is 5.57 Å². The Balaban J connectivity index is 3.13. The zero-order valence-electron chi connectivity index (χ0n) is 8.41. The van der Waals surface area contributed by atoms with Gasteiger partial charge in [-0.1, -0.05) is 12.1 Å². The number of carbonyl (C=O) groups excluding carboxylic acids is 1. The van der Waals surface area contributed by atoms with E-state index in [-0.39, 0.29) is 11.8 Å². The summed E-state index contributed by atoms with van der Waals surface area (Å²) in [6.45, 7) is 0. The maximum absolute atomic E-state index is 12.5. The fraction of sp³-hybridized carbons (Fsp3) is 0.182. The van der Waals surface area contributed by atoms with Crippen molar-refractivity contribution in [3.8, 4) is 5.75 Å². The molecule has 86 valence electrons. The first-order valence-electron chi connectivity index (χ1n) is 4.36. The highest BCUT2D eigenvalue weighted by molar-refractivity contribution is 5.83. The molecule has 16 heavy (non-hydrogen) atoms. The summed E-state index contributed by atoms with van der Waals surface area (Å²) in [4.78, 5) is 10.2. The highest BCUT2D eigenvalue weighted by atomic mass is 19.4. The Bertz CT molecular complexity index is 391. The van der Waals surface area contributed by atoms with Crippen LogP contribution in [-0.4, -0.2) is 19.6 Å².